The SMILES string of the molecule is CC(=O)N[C@H]1[C@H](O[C@H]2[C@H](O)[C@@H](NC(C)=O)C(O)O[C@@H]2CO)O[C@H](CO)[C@@H](O[C@@H]2O[C@H](CO[C@H]3O[C@H](CO)[C@@H](O)[C@H](O)[C@@H]3O[C@@H]3O[C@H](CO)[C@@H](O[C@@H]4O[C@H](CO)[C@H](O[C@@H]5O[C@H](CO)[C@H](O)[C@H](O)[C@H]5O)[C@H](O)[C@H]4O)[C@H](O)[C@H]3NC(C)=O)[C@@H](O)[C@H](O[C@H]3O[C@H](CO)[C@@H](O)[C@H](O)[C@@H]3O[C@@H]3O[C@H](CO)[C@@H](O[C@@H]4O[C@H](CO)[C@H](O[C@@H]5O[C@H](CO)[C@H](O)[C@H](O)[C@@H]5O)[C@H](O)[C@H]4O)[C@H](O)[C@H]3NC(C)=O)[C@@H]2O)[C@@H]1O. The molecule has 0 aromatic heterocycles. The van der Waals surface area contributed by atoms with Crippen LogP contribution in [-0.2, 0) is 119 Å². The van der Waals surface area contributed by atoms with Crippen molar-refractivity contribution in [1.29, 1.82) is 0 Å². The highest BCUT2D eigenvalue weighted by Gasteiger charge is 2.63. The lowest BCUT2D eigenvalue weighted by molar-refractivity contribution is -0.400. The number of carbonyl (C=O) groups excluding carboxylic acids is 4. The Balaban J connectivity index is 0.885. The maximum atomic E-state index is 13.2. The number of carbonyl (C=O) groups is 4. The van der Waals surface area contributed by atoms with Crippen LogP contribution in [0.1, 0.15) is 27.7 Å². The highest BCUT2D eigenvalue weighted by atomic mass is 16.8. The van der Waals surface area contributed by atoms with Crippen molar-refractivity contribution in [3.63, 3.8) is 0 Å². The molecule has 11 rings (SSSR count). The number of nitrogens with one attached hydrogen (secondary N) is 4. The van der Waals surface area contributed by atoms with Gasteiger partial charge in [-0.3, -0.25) is 19.2 Å². The van der Waals surface area contributed by atoms with E-state index in [1.165, 1.54) is 0 Å². The summed E-state index contributed by atoms with van der Waals surface area (Å²) in [5.74, 6) is -3.82. The van der Waals surface area contributed by atoms with Gasteiger partial charge in [-0.05, 0) is 0 Å². The minimum absolute atomic E-state index is 0.814. The predicted octanol–water partition coefficient (Wildman–Crippen LogP) is -24.4. The number of amides is 4. The molecule has 11 heterocycles. The molecule has 4 amide bonds. The molecule has 0 aromatic rings. The lowest BCUT2D eigenvalue weighted by Gasteiger charge is -2.51. The van der Waals surface area contributed by atoms with Crippen LogP contribution in [0.4, 0.5) is 0 Å². The van der Waals surface area contributed by atoms with Gasteiger partial charge in [0, 0.05) is 27.7 Å². The van der Waals surface area contributed by atoms with Crippen LogP contribution in [0.5, 0.6) is 0 Å². The van der Waals surface area contributed by atoms with Gasteiger partial charge >= 0.3 is 0 Å². The van der Waals surface area contributed by atoms with Gasteiger partial charge in [-0.2, -0.15) is 0 Å². The second-order valence-electron chi connectivity index (χ2n) is 33.8. The van der Waals surface area contributed by atoms with E-state index >= 15 is 0 Å². The average molecular weight is 1970 g/mol. The molecule has 1 unspecified atom stereocenters. The molecule has 60 nitrogen and oxygen atoms in total. The van der Waals surface area contributed by atoms with Gasteiger partial charge in [0.1, 0.15) is 268 Å². The summed E-state index contributed by atoms with van der Waals surface area (Å²) in [6.07, 6.45) is -108. The molecule has 0 aromatic carbocycles. The first-order valence-corrected chi connectivity index (χ1v) is 42.7. The van der Waals surface area contributed by atoms with Crippen LogP contribution in [0, 0.1) is 0 Å². The molecule has 11 saturated heterocycles. The van der Waals surface area contributed by atoms with Crippen LogP contribution in [0.15, 0.2) is 0 Å². The van der Waals surface area contributed by atoms with Gasteiger partial charge in [0.05, 0.1) is 72.7 Å². The molecule has 776 valence electrons. The highest BCUT2D eigenvalue weighted by Crippen LogP contribution is 2.42. The number of ether oxygens (including phenoxy) is 21. The summed E-state index contributed by atoms with van der Waals surface area (Å²) in [5.41, 5.74) is 0. The molecular weight excluding hydrogens is 1840 g/mol. The van der Waals surface area contributed by atoms with Crippen molar-refractivity contribution in [3.05, 3.63) is 0 Å². The van der Waals surface area contributed by atoms with E-state index in [0.717, 1.165) is 27.7 Å². The fourth-order valence-electron chi connectivity index (χ4n) is 17.4. The Hall–Kier alpha value is -4.20. The van der Waals surface area contributed by atoms with Gasteiger partial charge in [-0.1, -0.05) is 0 Å². The lowest BCUT2D eigenvalue weighted by Crippen LogP contribution is -2.71. The summed E-state index contributed by atoms with van der Waals surface area (Å²) in [6, 6.07) is -7.75. The first-order chi connectivity index (χ1) is 63.5. The summed E-state index contributed by atoms with van der Waals surface area (Å²) in [5, 5.41) is 355. The molecule has 60 heteroatoms. The summed E-state index contributed by atoms with van der Waals surface area (Å²) in [7, 11) is 0. The van der Waals surface area contributed by atoms with Crippen molar-refractivity contribution >= 4 is 23.6 Å². The van der Waals surface area contributed by atoms with Gasteiger partial charge < -0.3 is 279 Å². The third-order valence-corrected chi connectivity index (χ3v) is 24.6. The number of aliphatic hydroxyl groups excluding tert-OH is 31. The second-order valence-corrected chi connectivity index (χ2v) is 33.8. The monoisotopic (exact) mass is 1960 g/mol. The normalized spacial score (nSPS) is 49.8. The molecule has 0 saturated carbocycles. The maximum Gasteiger partial charge on any atom is 0.217 e. The smallest absolute Gasteiger partial charge is 0.217 e. The van der Waals surface area contributed by atoms with Crippen molar-refractivity contribution in [1.82, 2.24) is 21.3 Å². The van der Waals surface area contributed by atoms with Crippen molar-refractivity contribution in [2.24, 2.45) is 0 Å². The molecule has 0 bridgehead atoms. The standard InChI is InChI=1S/C74H124N4O56/c1-16(89)75-31-40(98)55(24(9-83)115-64(31)113)126-65-32(76-17(2)90)41(99)58(27(12-86)120-65)129-72-54(112)61(132-74-63(47(105)38(96)23(8-82)119-74)134-67-34(78-19(4)92)43(101)57(26(11-85)122-67)128-71-53(111)49(107)60(29(14-88)124-71)131-69-51(109)45(103)36(94)21(6-80)117-69)39(97)30(125-72)15-114-73-62(46(104)37(95)22(7-81)118-73)133-66-33(77-18(3)91)42(100)56(25(10-84)121-66)127-70-52(110)48(106)59(28(13-87)123-70)130-68-50(108)44(102)35(93)20(5-79)116-68/h20-74,79-88,93-113H,5-15H2,1-4H3,(H,75,89)(H,76,90)(H,77,91)(H,78,92)/t20-,21-,22-,23-,24-,25-,26-,27-,28-,29-,30-,31-,32-,33-,34-,35+,36+,37-,38-,39-,40-,41-,42-,43-,44+,45+,46+,47+,48-,49-,50-,51+,52-,53-,54+,55-,56-,57-,58-,59+,60+,61+,62+,63+,64?,65+,66+,67+,68+,69+,70+,71+,72+,73+,74-/m1/s1. The largest absolute Gasteiger partial charge is 0.394 e. The zero-order valence-electron chi connectivity index (χ0n) is 71.6. The topological polar surface area (TPSA) is 937 Å². The second kappa shape index (κ2) is 48.3. The zero-order chi connectivity index (χ0) is 98.5. The summed E-state index contributed by atoms with van der Waals surface area (Å²) in [6.45, 7) is -8.80. The van der Waals surface area contributed by atoms with E-state index in [-0.39, 0.29) is 0 Å². The first kappa shape index (κ1) is 110. The quantitative estimate of drug-likeness (QED) is 0.0280. The molecule has 11 aliphatic rings. The minimum Gasteiger partial charge on any atom is -0.394 e. The highest BCUT2D eigenvalue weighted by molar-refractivity contribution is 5.74. The summed E-state index contributed by atoms with van der Waals surface area (Å²) in [4.78, 5) is 51.6. The number of rotatable bonds is 35. The zero-order valence-corrected chi connectivity index (χ0v) is 71.6. The average Bonchev–Trinajstić information content (AvgIpc) is 0.775. The summed E-state index contributed by atoms with van der Waals surface area (Å²) < 4.78 is 124. The van der Waals surface area contributed by atoms with Crippen molar-refractivity contribution in [2.45, 2.75) is 365 Å². The van der Waals surface area contributed by atoms with E-state index in [0.29, 0.717) is 0 Å². The van der Waals surface area contributed by atoms with Gasteiger partial charge in [-0.15, -0.1) is 0 Å². The lowest BCUT2D eigenvalue weighted by atomic mass is 9.93. The Morgan fingerprint density at radius 3 is 0.724 bits per heavy atom. The van der Waals surface area contributed by atoms with Gasteiger partial charge in [0.15, 0.2) is 69.2 Å². The number of hydrogen-bond donors (Lipinski definition) is 35. The van der Waals surface area contributed by atoms with Crippen molar-refractivity contribution in [3.8, 4) is 0 Å². The Bertz CT molecular complexity index is 3650. The number of aliphatic hydroxyl groups is 31. The molecule has 55 atom stereocenters. The Kier molecular flexibility index (Phi) is 39.7. The van der Waals surface area contributed by atoms with Crippen LogP contribution in [0.2, 0.25) is 0 Å². The van der Waals surface area contributed by atoms with Crippen LogP contribution in [0.3, 0.4) is 0 Å². The van der Waals surface area contributed by atoms with E-state index in [4.69, 9.17) is 99.5 Å². The van der Waals surface area contributed by atoms with Gasteiger partial charge in [0.25, 0.3) is 0 Å². The number of hydrogen-bond acceptors (Lipinski definition) is 56. The van der Waals surface area contributed by atoms with Crippen LogP contribution < -0.4 is 21.3 Å². The van der Waals surface area contributed by atoms with E-state index in [1.807, 2.05) is 0 Å². The Morgan fingerprint density at radius 2 is 0.403 bits per heavy atom. The molecule has 11 aliphatic heterocycles. The molecular formula is C74H124N4O56. The van der Waals surface area contributed by atoms with Crippen LogP contribution in [0.25, 0.3) is 0 Å². The van der Waals surface area contributed by atoms with E-state index in [2.05, 4.69) is 21.3 Å². The molecule has 134 heavy (non-hydrogen) atoms. The first-order valence-electron chi connectivity index (χ1n) is 42.7. The van der Waals surface area contributed by atoms with Crippen LogP contribution >= 0.6 is 0 Å². The third-order valence-electron chi connectivity index (χ3n) is 24.6. The Morgan fingerprint density at radius 1 is 0.194 bits per heavy atom. The summed E-state index contributed by atoms with van der Waals surface area (Å²) >= 11 is 0. The molecule has 11 fully saturated rings. The minimum atomic E-state index is -2.65. The van der Waals surface area contributed by atoms with Crippen molar-refractivity contribution < 1.29 is 277 Å². The Labute approximate surface area is 757 Å². The third kappa shape index (κ3) is 24.0. The van der Waals surface area contributed by atoms with E-state index in [9.17, 15) is 177 Å². The molecule has 0 radical (unpaired) electrons. The molecule has 0 spiro atoms. The molecule has 0 aliphatic carbocycles. The fourth-order valence-corrected chi connectivity index (χ4v) is 17.4. The van der Waals surface area contributed by atoms with E-state index in [1.54, 1.807) is 0 Å². The van der Waals surface area contributed by atoms with Gasteiger partial charge in [0.2, 0.25) is 23.6 Å². The van der Waals surface area contributed by atoms with Crippen LogP contribution in [-0.4, -0.2) is 592 Å². The fraction of sp³-hybridized carbons (Fsp3) is 0.946. The maximum absolute atomic E-state index is 13.2. The van der Waals surface area contributed by atoms with E-state index < -0.39 is 434 Å². The van der Waals surface area contributed by atoms with Gasteiger partial charge in [-0.25, -0.2) is 0 Å². The predicted molar refractivity (Wildman–Crippen MR) is 409 cm³/mol. The van der Waals surface area contributed by atoms with Crippen molar-refractivity contribution in [2.75, 3.05) is 72.7 Å². The molecule has 35 N–H and O–H groups in total.